The Morgan fingerprint density at radius 1 is 1.07 bits per heavy atom. The predicted octanol–water partition coefficient (Wildman–Crippen LogP) is 4.49. The van der Waals surface area contributed by atoms with Gasteiger partial charge in [0.25, 0.3) is 0 Å². The number of methoxy groups -OCH3 is 1. The first-order valence-corrected chi connectivity index (χ1v) is 9.74. The first-order valence-electron chi connectivity index (χ1n) is 9.74. The van der Waals surface area contributed by atoms with Gasteiger partial charge >= 0.3 is 5.97 Å². The molecule has 6 heteroatoms. The summed E-state index contributed by atoms with van der Waals surface area (Å²) in [6.07, 6.45) is 7.62. The lowest BCUT2D eigenvalue weighted by Crippen LogP contribution is -2.04. The normalized spacial score (nSPS) is 10.7. The zero-order valence-corrected chi connectivity index (χ0v) is 16.9. The van der Waals surface area contributed by atoms with E-state index in [-0.39, 0.29) is 11.8 Å². The maximum atomic E-state index is 12.1. The zero-order chi connectivity index (χ0) is 20.9. The second-order valence-electron chi connectivity index (χ2n) is 6.29. The van der Waals surface area contributed by atoms with Gasteiger partial charge in [-0.1, -0.05) is 30.3 Å². The van der Waals surface area contributed by atoms with Gasteiger partial charge in [0, 0.05) is 18.1 Å². The Kier molecular flexibility index (Phi) is 9.42. The van der Waals surface area contributed by atoms with Crippen molar-refractivity contribution in [2.75, 3.05) is 20.3 Å². The minimum atomic E-state index is -0.159. The highest BCUT2D eigenvalue weighted by Crippen LogP contribution is 2.27. The molecular weight excluding hydrogens is 370 g/mol. The van der Waals surface area contributed by atoms with Gasteiger partial charge in [0.1, 0.15) is 0 Å². The van der Waals surface area contributed by atoms with Crippen LogP contribution >= 0.6 is 0 Å². The molecule has 0 saturated carbocycles. The van der Waals surface area contributed by atoms with Crippen molar-refractivity contribution >= 4 is 17.8 Å². The highest BCUT2D eigenvalue weighted by Gasteiger charge is 2.07. The fraction of sp³-hybridized carbons (Fsp3) is 0.348. The molecule has 6 nitrogen and oxygen atoms in total. The molecular formula is C23H27NO5. The van der Waals surface area contributed by atoms with Crippen LogP contribution in [0.25, 0.3) is 6.08 Å². The summed E-state index contributed by atoms with van der Waals surface area (Å²) in [5, 5.41) is 0. The van der Waals surface area contributed by atoms with Crippen molar-refractivity contribution in [1.82, 2.24) is 4.98 Å². The van der Waals surface area contributed by atoms with E-state index in [1.807, 2.05) is 18.2 Å². The number of benzene rings is 1. The van der Waals surface area contributed by atoms with Crippen LogP contribution in [0.3, 0.4) is 0 Å². The molecule has 0 aliphatic carbocycles. The van der Waals surface area contributed by atoms with Gasteiger partial charge in [-0.15, -0.1) is 0 Å². The molecule has 0 saturated heterocycles. The minimum absolute atomic E-state index is 0.0884. The van der Waals surface area contributed by atoms with Crippen molar-refractivity contribution in [2.24, 2.45) is 0 Å². The van der Waals surface area contributed by atoms with Gasteiger partial charge in [0.15, 0.2) is 17.3 Å². The van der Waals surface area contributed by atoms with E-state index < -0.39 is 0 Å². The number of hydrogen-bond donors (Lipinski definition) is 0. The number of aromatic nitrogens is 1. The van der Waals surface area contributed by atoms with E-state index in [4.69, 9.17) is 14.2 Å². The number of carbonyl (C=O) groups is 2. The molecule has 0 N–H and O–H groups in total. The maximum absolute atomic E-state index is 12.1. The van der Waals surface area contributed by atoms with Crippen LogP contribution in [0, 0.1) is 0 Å². The monoisotopic (exact) mass is 397 g/mol. The van der Waals surface area contributed by atoms with E-state index in [1.165, 1.54) is 6.08 Å². The topological polar surface area (TPSA) is 74.7 Å². The zero-order valence-electron chi connectivity index (χ0n) is 16.9. The molecule has 0 aliphatic rings. The van der Waals surface area contributed by atoms with Gasteiger partial charge in [-0.05, 0) is 38.3 Å². The standard InChI is InChI=1S/C23H27NO5/c1-3-28-23(26)12-8-5-9-15-29-22-17-24-19(16-21(22)27-2)13-14-20(25)18-10-6-4-7-11-18/h4,6-7,10-11,13-14,16-17H,3,5,8-9,12,15H2,1-2H3/b14-13+. The van der Waals surface area contributed by atoms with Crippen molar-refractivity contribution in [3.63, 3.8) is 0 Å². The molecule has 1 heterocycles. The van der Waals surface area contributed by atoms with Crippen LogP contribution in [0.5, 0.6) is 11.5 Å². The number of rotatable bonds is 12. The van der Waals surface area contributed by atoms with Crippen LogP contribution in [0.4, 0.5) is 0 Å². The van der Waals surface area contributed by atoms with E-state index in [9.17, 15) is 9.59 Å². The van der Waals surface area contributed by atoms with Gasteiger partial charge in [-0.3, -0.25) is 14.6 Å². The number of allylic oxidation sites excluding steroid dienone is 1. The second-order valence-corrected chi connectivity index (χ2v) is 6.29. The molecule has 0 aliphatic heterocycles. The Hall–Kier alpha value is -3.15. The summed E-state index contributed by atoms with van der Waals surface area (Å²) in [6.45, 7) is 2.72. The Balaban J connectivity index is 1.83. The molecule has 154 valence electrons. The first-order chi connectivity index (χ1) is 14.1. The molecule has 0 bridgehead atoms. The van der Waals surface area contributed by atoms with E-state index in [0.717, 1.165) is 19.3 Å². The smallest absolute Gasteiger partial charge is 0.305 e. The van der Waals surface area contributed by atoms with Crippen molar-refractivity contribution in [3.8, 4) is 11.5 Å². The maximum Gasteiger partial charge on any atom is 0.305 e. The average molecular weight is 397 g/mol. The summed E-state index contributed by atoms with van der Waals surface area (Å²) < 4.78 is 16.0. The van der Waals surface area contributed by atoms with Crippen LogP contribution < -0.4 is 9.47 Å². The summed E-state index contributed by atoms with van der Waals surface area (Å²) in [6, 6.07) is 10.8. The van der Waals surface area contributed by atoms with E-state index in [2.05, 4.69) is 4.98 Å². The second kappa shape index (κ2) is 12.3. The number of carbonyl (C=O) groups excluding carboxylic acids is 2. The number of nitrogens with zero attached hydrogens (tertiary/aromatic N) is 1. The minimum Gasteiger partial charge on any atom is -0.493 e. The molecule has 2 aromatic rings. The molecule has 1 aromatic carbocycles. The molecule has 0 spiro atoms. The summed E-state index contributed by atoms with van der Waals surface area (Å²) >= 11 is 0. The molecule has 0 fully saturated rings. The van der Waals surface area contributed by atoms with Crippen LogP contribution in [0.1, 0.15) is 48.7 Å². The number of hydrogen-bond acceptors (Lipinski definition) is 6. The molecule has 2 rings (SSSR count). The first kappa shape index (κ1) is 22.1. The quantitative estimate of drug-likeness (QED) is 0.227. The number of ketones is 1. The summed E-state index contributed by atoms with van der Waals surface area (Å²) in [5.41, 5.74) is 1.23. The average Bonchev–Trinajstić information content (AvgIpc) is 2.75. The predicted molar refractivity (Wildman–Crippen MR) is 111 cm³/mol. The SMILES string of the molecule is CCOC(=O)CCCCCOc1cnc(/C=C/C(=O)c2ccccc2)cc1OC. The van der Waals surface area contributed by atoms with Crippen LogP contribution in [-0.4, -0.2) is 37.1 Å². The third-order valence-electron chi connectivity index (χ3n) is 4.12. The molecule has 0 amide bonds. The number of ether oxygens (including phenoxy) is 3. The van der Waals surface area contributed by atoms with Gasteiger partial charge in [-0.2, -0.15) is 0 Å². The van der Waals surface area contributed by atoms with Gasteiger partial charge < -0.3 is 14.2 Å². The Morgan fingerprint density at radius 2 is 1.86 bits per heavy atom. The summed E-state index contributed by atoms with van der Waals surface area (Å²) in [5.74, 6) is 0.853. The lowest BCUT2D eigenvalue weighted by Gasteiger charge is -2.10. The van der Waals surface area contributed by atoms with Crippen molar-refractivity contribution in [1.29, 1.82) is 0 Å². The fourth-order valence-electron chi connectivity index (χ4n) is 2.62. The van der Waals surface area contributed by atoms with E-state index in [0.29, 0.717) is 42.4 Å². The third kappa shape index (κ3) is 7.78. The van der Waals surface area contributed by atoms with E-state index >= 15 is 0 Å². The van der Waals surface area contributed by atoms with Crippen LogP contribution in [0.2, 0.25) is 0 Å². The lowest BCUT2D eigenvalue weighted by molar-refractivity contribution is -0.143. The van der Waals surface area contributed by atoms with Gasteiger partial charge in [0.05, 0.1) is 32.2 Å². The van der Waals surface area contributed by atoms with Gasteiger partial charge in [0.2, 0.25) is 0 Å². The largest absolute Gasteiger partial charge is 0.493 e. The lowest BCUT2D eigenvalue weighted by atomic mass is 10.1. The molecule has 0 unspecified atom stereocenters. The van der Waals surface area contributed by atoms with Gasteiger partial charge in [-0.25, -0.2) is 0 Å². The number of pyridine rings is 1. The van der Waals surface area contributed by atoms with Crippen molar-refractivity contribution in [2.45, 2.75) is 32.6 Å². The van der Waals surface area contributed by atoms with E-state index in [1.54, 1.807) is 44.5 Å². The molecule has 29 heavy (non-hydrogen) atoms. The summed E-state index contributed by atoms with van der Waals surface area (Å²) in [7, 11) is 1.56. The highest BCUT2D eigenvalue weighted by atomic mass is 16.5. The van der Waals surface area contributed by atoms with Crippen molar-refractivity contribution < 1.29 is 23.8 Å². The highest BCUT2D eigenvalue weighted by molar-refractivity contribution is 6.06. The Morgan fingerprint density at radius 3 is 2.59 bits per heavy atom. The fourth-order valence-corrected chi connectivity index (χ4v) is 2.62. The van der Waals surface area contributed by atoms with Crippen LogP contribution in [-0.2, 0) is 9.53 Å². The summed E-state index contributed by atoms with van der Waals surface area (Å²) in [4.78, 5) is 27.7. The molecule has 1 aromatic heterocycles. The Labute approximate surface area is 171 Å². The molecule has 0 atom stereocenters. The molecule has 0 radical (unpaired) electrons. The Bertz CT molecular complexity index is 817. The van der Waals surface area contributed by atoms with Crippen molar-refractivity contribution in [3.05, 3.63) is 59.9 Å². The number of esters is 1. The van der Waals surface area contributed by atoms with Crippen LogP contribution in [0.15, 0.2) is 48.7 Å². The third-order valence-corrected chi connectivity index (χ3v) is 4.12. The number of unbranched alkanes of at least 4 members (excludes halogenated alkanes) is 2.